The molecule has 0 aromatic heterocycles. The number of hydrogen-bond donors (Lipinski definition) is 2. The zero-order chi connectivity index (χ0) is 14.7. The van der Waals surface area contributed by atoms with Gasteiger partial charge in [-0.05, 0) is 36.1 Å². The lowest BCUT2D eigenvalue weighted by atomic mass is 9.95. The summed E-state index contributed by atoms with van der Waals surface area (Å²) in [7, 11) is 0. The van der Waals surface area contributed by atoms with Gasteiger partial charge in [0.2, 0.25) is 0 Å². The molecule has 1 saturated heterocycles. The number of nitrogens with two attached hydrogens (primary N) is 1. The molecule has 1 aliphatic heterocycles. The van der Waals surface area contributed by atoms with Crippen LogP contribution in [-0.2, 0) is 0 Å². The molecule has 20 heavy (non-hydrogen) atoms. The Balaban J connectivity index is 2.32. The highest BCUT2D eigenvalue weighted by Gasteiger charge is 2.27. The molecule has 0 aliphatic carbocycles. The quantitative estimate of drug-likeness (QED) is 0.495. The third-order valence-electron chi connectivity index (χ3n) is 4.08. The standard InChI is InChI=1S/C16H25N3S/c1-4-20-14-7-5-6-13(15(14)16(17)18)19-9-8-12(10-19)11(2)3/h5-7,11-12H,4,8-10H2,1-3H3,(H3,17,18). The first kappa shape index (κ1) is 15.2. The number of nitrogens with zero attached hydrogens (tertiary/aromatic N) is 1. The van der Waals surface area contributed by atoms with Gasteiger partial charge in [-0.3, -0.25) is 5.41 Å². The maximum absolute atomic E-state index is 7.93. The van der Waals surface area contributed by atoms with Crippen LogP contribution in [0.4, 0.5) is 5.69 Å². The second-order valence-electron chi connectivity index (χ2n) is 5.74. The van der Waals surface area contributed by atoms with Crippen molar-refractivity contribution >= 4 is 23.3 Å². The number of nitrogen functional groups attached to an aromatic ring is 1. The summed E-state index contributed by atoms with van der Waals surface area (Å²) in [6.07, 6.45) is 1.24. The molecule has 0 amide bonds. The third-order valence-corrected chi connectivity index (χ3v) is 5.02. The largest absolute Gasteiger partial charge is 0.384 e. The highest BCUT2D eigenvalue weighted by Crippen LogP contribution is 2.34. The molecule has 0 bridgehead atoms. The molecule has 3 N–H and O–H groups in total. The van der Waals surface area contributed by atoms with Crippen LogP contribution >= 0.6 is 11.8 Å². The van der Waals surface area contributed by atoms with Crippen molar-refractivity contribution in [1.82, 2.24) is 0 Å². The Bertz CT molecular complexity index is 485. The summed E-state index contributed by atoms with van der Waals surface area (Å²) < 4.78 is 0. The van der Waals surface area contributed by atoms with Gasteiger partial charge in [0.05, 0.1) is 5.56 Å². The van der Waals surface area contributed by atoms with Crippen molar-refractivity contribution in [3.63, 3.8) is 0 Å². The lowest BCUT2D eigenvalue weighted by Crippen LogP contribution is -2.25. The molecule has 110 valence electrons. The zero-order valence-corrected chi connectivity index (χ0v) is 13.5. The normalized spacial score (nSPS) is 18.8. The van der Waals surface area contributed by atoms with E-state index in [1.54, 1.807) is 11.8 Å². The minimum absolute atomic E-state index is 0.185. The van der Waals surface area contributed by atoms with Crippen LogP contribution in [0.25, 0.3) is 0 Å². The Morgan fingerprint density at radius 2 is 2.25 bits per heavy atom. The molecule has 0 radical (unpaired) electrons. The molecular weight excluding hydrogens is 266 g/mol. The van der Waals surface area contributed by atoms with E-state index in [2.05, 4.69) is 43.9 Å². The second-order valence-corrected chi connectivity index (χ2v) is 7.04. The van der Waals surface area contributed by atoms with Crippen LogP contribution in [0.5, 0.6) is 0 Å². The van der Waals surface area contributed by atoms with Crippen LogP contribution in [0.2, 0.25) is 0 Å². The molecule has 3 nitrogen and oxygen atoms in total. The minimum atomic E-state index is 0.185. The van der Waals surface area contributed by atoms with Crippen LogP contribution in [0.15, 0.2) is 23.1 Å². The molecule has 1 aliphatic rings. The van der Waals surface area contributed by atoms with Gasteiger partial charge in [-0.1, -0.05) is 26.8 Å². The van der Waals surface area contributed by atoms with Gasteiger partial charge in [-0.15, -0.1) is 11.8 Å². The van der Waals surface area contributed by atoms with Crippen molar-refractivity contribution in [2.45, 2.75) is 32.1 Å². The molecule has 1 aromatic carbocycles. The van der Waals surface area contributed by atoms with E-state index in [9.17, 15) is 0 Å². The van der Waals surface area contributed by atoms with Crippen LogP contribution in [0.3, 0.4) is 0 Å². The van der Waals surface area contributed by atoms with Gasteiger partial charge in [-0.25, -0.2) is 0 Å². The second kappa shape index (κ2) is 6.53. The number of anilines is 1. The Hall–Kier alpha value is -1.16. The summed E-state index contributed by atoms with van der Waals surface area (Å²) in [6, 6.07) is 6.27. The summed E-state index contributed by atoms with van der Waals surface area (Å²) in [6.45, 7) is 8.88. The Kier molecular flexibility index (Phi) is 4.97. The van der Waals surface area contributed by atoms with Crippen LogP contribution in [0, 0.1) is 17.2 Å². The first-order valence-corrected chi connectivity index (χ1v) is 8.38. The van der Waals surface area contributed by atoms with Crippen molar-refractivity contribution in [2.75, 3.05) is 23.7 Å². The molecule has 0 saturated carbocycles. The average molecular weight is 291 g/mol. The first-order valence-electron chi connectivity index (χ1n) is 7.39. The number of thioether (sulfide) groups is 1. The van der Waals surface area contributed by atoms with E-state index in [-0.39, 0.29) is 5.84 Å². The van der Waals surface area contributed by atoms with Gasteiger partial charge in [-0.2, -0.15) is 0 Å². The van der Waals surface area contributed by atoms with Crippen molar-refractivity contribution in [1.29, 1.82) is 5.41 Å². The molecule has 1 aromatic rings. The summed E-state index contributed by atoms with van der Waals surface area (Å²) in [4.78, 5) is 3.53. The maximum Gasteiger partial charge on any atom is 0.126 e. The Morgan fingerprint density at radius 1 is 1.50 bits per heavy atom. The summed E-state index contributed by atoms with van der Waals surface area (Å²) in [5.41, 5.74) is 7.91. The molecule has 1 unspecified atom stereocenters. The van der Waals surface area contributed by atoms with Gasteiger partial charge in [0.1, 0.15) is 5.84 Å². The van der Waals surface area contributed by atoms with Crippen molar-refractivity contribution in [2.24, 2.45) is 17.6 Å². The number of rotatable bonds is 5. The predicted molar refractivity (Wildman–Crippen MR) is 89.0 cm³/mol. The van der Waals surface area contributed by atoms with Gasteiger partial charge in [0, 0.05) is 23.7 Å². The summed E-state index contributed by atoms with van der Waals surface area (Å²) >= 11 is 1.76. The van der Waals surface area contributed by atoms with Crippen LogP contribution in [0.1, 0.15) is 32.8 Å². The van der Waals surface area contributed by atoms with E-state index in [0.29, 0.717) is 5.92 Å². The minimum Gasteiger partial charge on any atom is -0.384 e. The Labute approximate surface area is 126 Å². The Morgan fingerprint density at radius 3 is 2.80 bits per heavy atom. The molecule has 1 atom stereocenters. The average Bonchev–Trinajstić information content (AvgIpc) is 2.88. The van der Waals surface area contributed by atoms with Gasteiger partial charge >= 0.3 is 0 Å². The summed E-state index contributed by atoms with van der Waals surface area (Å²) in [5.74, 6) is 2.65. The van der Waals surface area contributed by atoms with E-state index in [4.69, 9.17) is 11.1 Å². The van der Waals surface area contributed by atoms with E-state index in [1.807, 2.05) is 0 Å². The number of amidine groups is 1. The monoisotopic (exact) mass is 291 g/mol. The SMILES string of the molecule is CCSc1cccc(N2CCC(C(C)C)C2)c1C(=N)N. The van der Waals surface area contributed by atoms with E-state index < -0.39 is 0 Å². The topological polar surface area (TPSA) is 53.1 Å². The van der Waals surface area contributed by atoms with Crippen LogP contribution < -0.4 is 10.6 Å². The van der Waals surface area contributed by atoms with E-state index >= 15 is 0 Å². The van der Waals surface area contributed by atoms with Crippen molar-refractivity contribution in [3.05, 3.63) is 23.8 Å². The number of hydrogen-bond acceptors (Lipinski definition) is 3. The van der Waals surface area contributed by atoms with Gasteiger partial charge in [0.15, 0.2) is 0 Å². The highest BCUT2D eigenvalue weighted by atomic mass is 32.2. The summed E-state index contributed by atoms with van der Waals surface area (Å²) in [5, 5.41) is 7.93. The van der Waals surface area contributed by atoms with Gasteiger partial charge < -0.3 is 10.6 Å². The fourth-order valence-electron chi connectivity index (χ4n) is 2.88. The smallest absolute Gasteiger partial charge is 0.126 e. The predicted octanol–water partition coefficient (Wildman–Crippen LogP) is 3.56. The number of nitrogens with one attached hydrogen (secondary N) is 1. The molecular formula is C16H25N3S. The first-order chi connectivity index (χ1) is 9.54. The fourth-order valence-corrected chi connectivity index (χ4v) is 3.72. The molecule has 2 rings (SSSR count). The molecule has 0 spiro atoms. The highest BCUT2D eigenvalue weighted by molar-refractivity contribution is 7.99. The van der Waals surface area contributed by atoms with Gasteiger partial charge in [0.25, 0.3) is 0 Å². The van der Waals surface area contributed by atoms with Crippen molar-refractivity contribution < 1.29 is 0 Å². The zero-order valence-electron chi connectivity index (χ0n) is 12.6. The van der Waals surface area contributed by atoms with E-state index in [0.717, 1.165) is 40.9 Å². The maximum atomic E-state index is 7.93. The molecule has 1 fully saturated rings. The van der Waals surface area contributed by atoms with Crippen molar-refractivity contribution in [3.8, 4) is 0 Å². The third kappa shape index (κ3) is 3.11. The number of benzene rings is 1. The van der Waals surface area contributed by atoms with Crippen LogP contribution in [-0.4, -0.2) is 24.7 Å². The fraction of sp³-hybridized carbons (Fsp3) is 0.562. The lowest BCUT2D eigenvalue weighted by molar-refractivity contribution is 0.423. The molecule has 4 heteroatoms. The van der Waals surface area contributed by atoms with E-state index in [1.165, 1.54) is 6.42 Å². The molecule has 1 heterocycles. The lowest BCUT2D eigenvalue weighted by Gasteiger charge is -2.24.